The summed E-state index contributed by atoms with van der Waals surface area (Å²) in [7, 11) is -3.92. The zero-order valence-electron chi connectivity index (χ0n) is 20.3. The van der Waals surface area contributed by atoms with E-state index in [0.717, 1.165) is 48.6 Å². The molecule has 2 aromatic carbocycles. The number of phenols is 2. The number of carbonyl (C=O) groups is 1. The number of hydrogen-bond acceptors (Lipinski definition) is 8. The van der Waals surface area contributed by atoms with Crippen LogP contribution in [0.15, 0.2) is 41.3 Å². The molecule has 0 unspecified atom stereocenters. The van der Waals surface area contributed by atoms with Crippen LogP contribution in [0.2, 0.25) is 0 Å². The van der Waals surface area contributed by atoms with Crippen LogP contribution in [0, 0.1) is 0 Å². The van der Waals surface area contributed by atoms with Crippen molar-refractivity contribution in [3.05, 3.63) is 47.5 Å². The number of unbranched alkanes of at least 4 members (excludes halogenated alkanes) is 1. The van der Waals surface area contributed by atoms with Crippen LogP contribution in [0.4, 0.5) is 5.69 Å². The summed E-state index contributed by atoms with van der Waals surface area (Å²) in [5.41, 5.74) is 14.3. The largest absolute Gasteiger partial charge is 0.508 e. The van der Waals surface area contributed by atoms with E-state index in [1.807, 2.05) is 23.1 Å². The van der Waals surface area contributed by atoms with Crippen molar-refractivity contribution in [1.82, 2.24) is 9.21 Å². The molecule has 2 heterocycles. The van der Waals surface area contributed by atoms with E-state index in [4.69, 9.17) is 11.5 Å². The van der Waals surface area contributed by atoms with Crippen LogP contribution < -0.4 is 16.8 Å². The molecule has 1 saturated heterocycles. The van der Waals surface area contributed by atoms with E-state index in [2.05, 4.69) is 5.32 Å². The molecule has 2 aromatic rings. The molecular formula is C25H35N5O5S. The molecule has 0 radical (unpaired) electrons. The maximum atomic E-state index is 13.1. The summed E-state index contributed by atoms with van der Waals surface area (Å²) in [5.74, 6) is -0.675. The average Bonchev–Trinajstić information content (AvgIpc) is 3.28. The van der Waals surface area contributed by atoms with E-state index < -0.39 is 21.8 Å². The van der Waals surface area contributed by atoms with Gasteiger partial charge in [-0.2, -0.15) is 4.31 Å². The summed E-state index contributed by atoms with van der Waals surface area (Å²) >= 11 is 0. The zero-order chi connectivity index (χ0) is 25.9. The fourth-order valence-electron chi connectivity index (χ4n) is 4.83. The number of benzene rings is 2. The molecular weight excluding hydrogens is 482 g/mol. The van der Waals surface area contributed by atoms with Gasteiger partial charge in [-0.1, -0.05) is 12.5 Å². The second-order valence-corrected chi connectivity index (χ2v) is 11.4. The Hall–Kier alpha value is -2.86. The molecule has 2 aliphatic rings. The molecule has 0 saturated carbocycles. The molecule has 10 nitrogen and oxygen atoms in total. The van der Waals surface area contributed by atoms with Gasteiger partial charge in [0.2, 0.25) is 15.9 Å². The van der Waals surface area contributed by atoms with Crippen LogP contribution in [0.1, 0.15) is 43.2 Å². The van der Waals surface area contributed by atoms with Crippen molar-refractivity contribution in [2.75, 3.05) is 25.0 Å². The molecule has 1 amide bonds. The van der Waals surface area contributed by atoms with Crippen molar-refractivity contribution in [3.8, 4) is 11.5 Å². The number of anilines is 1. The van der Waals surface area contributed by atoms with Gasteiger partial charge in [0.15, 0.2) is 0 Å². The Bertz CT molecular complexity index is 1200. The smallest absolute Gasteiger partial charge is 0.247 e. The summed E-state index contributed by atoms with van der Waals surface area (Å²) in [4.78, 5) is 14.2. The number of piperidine rings is 1. The highest BCUT2D eigenvalue weighted by Crippen LogP contribution is 2.35. The van der Waals surface area contributed by atoms with E-state index in [0.29, 0.717) is 26.1 Å². The number of sulfonamides is 1. The van der Waals surface area contributed by atoms with Gasteiger partial charge in [0.05, 0.1) is 6.04 Å². The second kappa shape index (κ2) is 11.0. The summed E-state index contributed by atoms with van der Waals surface area (Å²) in [6.45, 7) is 2.31. The lowest BCUT2D eigenvalue weighted by atomic mass is 10.0. The van der Waals surface area contributed by atoms with Crippen LogP contribution in [0.3, 0.4) is 0 Å². The summed E-state index contributed by atoms with van der Waals surface area (Å²) in [6, 6.07) is 9.03. The first-order chi connectivity index (χ1) is 17.2. The SMILES string of the molecule is NCCCC[C@H](N)C(=O)N1CCC(Nc2ccc3c(c2)CN(S(=O)(=O)c2ccc(O)cc2O)C3)CC1. The number of likely N-dealkylation sites (tertiary alicyclic amines) is 1. The number of nitrogens with zero attached hydrogens (tertiary/aromatic N) is 2. The molecule has 0 aromatic heterocycles. The first kappa shape index (κ1) is 26.2. The number of nitrogens with one attached hydrogen (secondary N) is 1. The normalized spacial score (nSPS) is 17.7. The maximum absolute atomic E-state index is 13.1. The number of rotatable bonds is 9. The molecule has 0 spiro atoms. The predicted octanol–water partition coefficient (Wildman–Crippen LogP) is 1.66. The van der Waals surface area contributed by atoms with Crippen molar-refractivity contribution in [1.29, 1.82) is 0 Å². The van der Waals surface area contributed by atoms with Gasteiger partial charge in [-0.25, -0.2) is 8.42 Å². The van der Waals surface area contributed by atoms with Gasteiger partial charge in [0, 0.05) is 44.0 Å². The van der Waals surface area contributed by atoms with Gasteiger partial charge in [-0.05, 0) is 67.6 Å². The fourth-order valence-corrected chi connectivity index (χ4v) is 6.29. The van der Waals surface area contributed by atoms with Crippen LogP contribution in [-0.2, 0) is 27.9 Å². The summed E-state index contributed by atoms with van der Waals surface area (Å²) in [6.07, 6.45) is 3.99. The summed E-state index contributed by atoms with van der Waals surface area (Å²) < 4.78 is 27.4. The standard InChI is InChI=1S/C25H35N5O5S/c26-10-2-1-3-22(27)25(33)29-11-8-19(9-12-29)28-20-5-4-17-15-30(16-18(17)13-20)36(34,35)24-7-6-21(31)14-23(24)32/h4-7,13-14,19,22,28,31-32H,1-3,8-12,15-16,26-27H2/t22-/m0/s1. The Labute approximate surface area is 211 Å². The third-order valence-corrected chi connectivity index (χ3v) is 8.76. The first-order valence-corrected chi connectivity index (χ1v) is 13.8. The minimum atomic E-state index is -3.92. The van der Waals surface area contributed by atoms with E-state index in [1.165, 1.54) is 16.4 Å². The molecule has 11 heteroatoms. The number of phenolic OH excluding ortho intramolecular Hbond substituents is 2. The van der Waals surface area contributed by atoms with E-state index in [-0.39, 0.29) is 35.7 Å². The van der Waals surface area contributed by atoms with Crippen molar-refractivity contribution in [3.63, 3.8) is 0 Å². The van der Waals surface area contributed by atoms with Crippen molar-refractivity contribution >= 4 is 21.6 Å². The van der Waals surface area contributed by atoms with Crippen molar-refractivity contribution < 1.29 is 23.4 Å². The molecule has 36 heavy (non-hydrogen) atoms. The van der Waals surface area contributed by atoms with Gasteiger partial charge in [0.25, 0.3) is 0 Å². The van der Waals surface area contributed by atoms with E-state index in [1.54, 1.807) is 0 Å². The Kier molecular flexibility index (Phi) is 8.04. The number of aromatic hydroxyl groups is 2. The van der Waals surface area contributed by atoms with Crippen molar-refractivity contribution in [2.24, 2.45) is 11.5 Å². The van der Waals surface area contributed by atoms with Crippen LogP contribution in [0.25, 0.3) is 0 Å². The van der Waals surface area contributed by atoms with Gasteiger partial charge >= 0.3 is 0 Å². The Morgan fingerprint density at radius 3 is 2.47 bits per heavy atom. The lowest BCUT2D eigenvalue weighted by Gasteiger charge is -2.34. The van der Waals surface area contributed by atoms with E-state index in [9.17, 15) is 23.4 Å². The minimum absolute atomic E-state index is 0.00367. The Morgan fingerprint density at radius 1 is 1.06 bits per heavy atom. The topological polar surface area (TPSA) is 162 Å². The monoisotopic (exact) mass is 517 g/mol. The van der Waals surface area contributed by atoms with Gasteiger partial charge in [-0.15, -0.1) is 0 Å². The molecule has 0 bridgehead atoms. The first-order valence-electron chi connectivity index (χ1n) is 12.3. The quantitative estimate of drug-likeness (QED) is 0.314. The molecule has 2 aliphatic heterocycles. The highest BCUT2D eigenvalue weighted by molar-refractivity contribution is 7.89. The van der Waals surface area contributed by atoms with Gasteiger partial charge < -0.3 is 31.9 Å². The number of amides is 1. The number of nitrogens with two attached hydrogens (primary N) is 2. The molecule has 1 atom stereocenters. The van der Waals surface area contributed by atoms with Crippen LogP contribution in [-0.4, -0.2) is 65.5 Å². The second-order valence-electron chi connectivity index (χ2n) is 9.54. The molecule has 1 fully saturated rings. The van der Waals surface area contributed by atoms with Crippen LogP contribution in [0.5, 0.6) is 11.5 Å². The lowest BCUT2D eigenvalue weighted by Crippen LogP contribution is -2.49. The van der Waals surface area contributed by atoms with Crippen molar-refractivity contribution in [2.45, 2.75) is 62.2 Å². The summed E-state index contributed by atoms with van der Waals surface area (Å²) in [5, 5.41) is 23.1. The van der Waals surface area contributed by atoms with Gasteiger partial charge in [0.1, 0.15) is 16.4 Å². The molecule has 7 N–H and O–H groups in total. The molecule has 4 rings (SSSR count). The minimum Gasteiger partial charge on any atom is -0.508 e. The molecule has 196 valence electrons. The Balaban J connectivity index is 1.33. The third kappa shape index (κ3) is 5.75. The predicted molar refractivity (Wildman–Crippen MR) is 137 cm³/mol. The van der Waals surface area contributed by atoms with Crippen LogP contribution >= 0.6 is 0 Å². The third-order valence-electron chi connectivity index (χ3n) is 6.92. The number of carbonyl (C=O) groups excluding carboxylic acids is 1. The van der Waals surface area contributed by atoms with Gasteiger partial charge in [-0.3, -0.25) is 4.79 Å². The molecule has 0 aliphatic carbocycles. The van der Waals surface area contributed by atoms with E-state index >= 15 is 0 Å². The number of fused-ring (bicyclic) bond motifs is 1. The maximum Gasteiger partial charge on any atom is 0.247 e. The highest BCUT2D eigenvalue weighted by atomic mass is 32.2. The fraction of sp³-hybridized carbons (Fsp3) is 0.480. The number of hydrogen-bond donors (Lipinski definition) is 5. The Morgan fingerprint density at radius 2 is 1.78 bits per heavy atom. The lowest BCUT2D eigenvalue weighted by molar-refractivity contribution is -0.133. The zero-order valence-corrected chi connectivity index (χ0v) is 21.1. The average molecular weight is 518 g/mol. The highest BCUT2D eigenvalue weighted by Gasteiger charge is 2.33.